The Kier molecular flexibility index (Phi) is 8.35. The molecule has 3 saturated heterocycles. The first kappa shape index (κ1) is 29.4. The lowest BCUT2D eigenvalue weighted by Gasteiger charge is -2.44. The fourth-order valence-electron chi connectivity index (χ4n) is 6.97. The molecule has 8 heteroatoms. The van der Waals surface area contributed by atoms with Crippen molar-refractivity contribution in [1.82, 2.24) is 14.7 Å². The molecule has 3 rings (SSSR count). The highest BCUT2D eigenvalue weighted by molar-refractivity contribution is 5.99. The van der Waals surface area contributed by atoms with E-state index in [-0.39, 0.29) is 30.2 Å². The zero-order chi connectivity index (χ0) is 27.9. The van der Waals surface area contributed by atoms with Crippen LogP contribution in [0.3, 0.4) is 0 Å². The highest BCUT2D eigenvalue weighted by Gasteiger charge is 2.79. The van der Waals surface area contributed by atoms with E-state index in [9.17, 15) is 19.5 Å². The molecule has 3 fully saturated rings. The number of ether oxygens (including phenoxy) is 1. The average Bonchev–Trinajstić information content (AvgIpc) is 3.45. The van der Waals surface area contributed by atoms with Crippen molar-refractivity contribution in [2.75, 3.05) is 26.7 Å². The van der Waals surface area contributed by atoms with Crippen LogP contribution in [0.4, 0.5) is 0 Å². The second-order valence-corrected chi connectivity index (χ2v) is 12.1. The van der Waals surface area contributed by atoms with Gasteiger partial charge in [-0.2, -0.15) is 0 Å². The summed E-state index contributed by atoms with van der Waals surface area (Å²) in [7, 11) is 1.72. The Hall–Kier alpha value is -2.19. The van der Waals surface area contributed by atoms with Crippen molar-refractivity contribution in [2.45, 2.75) is 96.1 Å². The monoisotopic (exact) mass is 517 g/mol. The van der Waals surface area contributed by atoms with Gasteiger partial charge in [-0.25, -0.2) is 0 Å². The fraction of sp³-hybridized carbons (Fsp3) is 0.759. The van der Waals surface area contributed by atoms with Gasteiger partial charge in [-0.1, -0.05) is 39.3 Å². The summed E-state index contributed by atoms with van der Waals surface area (Å²) in [5.74, 6) is -2.15. The summed E-state index contributed by atoms with van der Waals surface area (Å²) in [6, 6.07) is -1.48. The van der Waals surface area contributed by atoms with Gasteiger partial charge >= 0.3 is 0 Å². The Bertz CT molecular complexity index is 929. The molecule has 3 aliphatic heterocycles. The number of carbonyl (C=O) groups excluding carboxylic acids is 3. The molecule has 0 aromatic heterocycles. The Morgan fingerprint density at radius 2 is 1.81 bits per heavy atom. The first-order valence-electron chi connectivity index (χ1n) is 13.7. The molecule has 0 saturated carbocycles. The largest absolute Gasteiger partial charge is 0.394 e. The molecular weight excluding hydrogens is 470 g/mol. The molecule has 7 atom stereocenters. The number of carbonyl (C=O) groups is 3. The highest BCUT2D eigenvalue weighted by atomic mass is 16.5. The van der Waals surface area contributed by atoms with Gasteiger partial charge in [0.2, 0.25) is 17.7 Å². The molecule has 37 heavy (non-hydrogen) atoms. The second-order valence-electron chi connectivity index (χ2n) is 12.1. The predicted molar refractivity (Wildman–Crippen MR) is 144 cm³/mol. The van der Waals surface area contributed by atoms with E-state index in [1.54, 1.807) is 33.9 Å². The Morgan fingerprint density at radius 1 is 1.19 bits per heavy atom. The van der Waals surface area contributed by atoms with Gasteiger partial charge in [0.05, 0.1) is 30.1 Å². The van der Waals surface area contributed by atoms with Crippen LogP contribution in [-0.2, 0) is 19.1 Å². The number of nitrogens with zero attached hydrogens (tertiary/aromatic N) is 3. The maximum absolute atomic E-state index is 14.5. The number of aliphatic hydroxyl groups excluding tert-OH is 1. The molecule has 3 heterocycles. The van der Waals surface area contributed by atoms with Gasteiger partial charge in [0.15, 0.2) is 0 Å². The van der Waals surface area contributed by atoms with Crippen LogP contribution in [0.1, 0.15) is 67.2 Å². The number of amides is 3. The predicted octanol–water partition coefficient (Wildman–Crippen LogP) is 3.01. The van der Waals surface area contributed by atoms with E-state index in [4.69, 9.17) is 4.74 Å². The molecule has 3 amide bonds. The summed E-state index contributed by atoms with van der Waals surface area (Å²) in [5.41, 5.74) is -2.45. The van der Waals surface area contributed by atoms with Gasteiger partial charge < -0.3 is 24.5 Å². The molecule has 0 aliphatic carbocycles. The van der Waals surface area contributed by atoms with Crippen molar-refractivity contribution in [1.29, 1.82) is 0 Å². The summed E-state index contributed by atoms with van der Waals surface area (Å²) < 4.78 is 6.88. The lowest BCUT2D eigenvalue weighted by Crippen LogP contribution is -2.62. The first-order valence-corrected chi connectivity index (χ1v) is 13.7. The van der Waals surface area contributed by atoms with E-state index < -0.39 is 40.7 Å². The molecule has 1 N–H and O–H groups in total. The molecule has 1 spiro atoms. The van der Waals surface area contributed by atoms with Crippen LogP contribution >= 0.6 is 0 Å². The number of aliphatic hydroxyl groups is 1. The van der Waals surface area contributed by atoms with Gasteiger partial charge in [-0.05, 0) is 46.0 Å². The van der Waals surface area contributed by atoms with Crippen molar-refractivity contribution < 1.29 is 24.2 Å². The van der Waals surface area contributed by atoms with Crippen LogP contribution in [0.5, 0.6) is 0 Å². The minimum absolute atomic E-state index is 0.0445. The Morgan fingerprint density at radius 3 is 2.30 bits per heavy atom. The molecule has 208 valence electrons. The summed E-state index contributed by atoms with van der Waals surface area (Å²) in [4.78, 5) is 47.7. The first-order chi connectivity index (χ1) is 17.3. The van der Waals surface area contributed by atoms with Crippen LogP contribution in [0.2, 0.25) is 0 Å². The van der Waals surface area contributed by atoms with E-state index >= 15 is 0 Å². The number of fused-ring (bicyclic) bond motifs is 1. The lowest BCUT2D eigenvalue weighted by molar-refractivity contribution is -0.161. The Balaban J connectivity index is 2.23. The number of hydrogen-bond donors (Lipinski definition) is 1. The highest BCUT2D eigenvalue weighted by Crippen LogP contribution is 2.65. The zero-order valence-corrected chi connectivity index (χ0v) is 23.8. The van der Waals surface area contributed by atoms with Crippen molar-refractivity contribution in [3.05, 3.63) is 25.3 Å². The van der Waals surface area contributed by atoms with Gasteiger partial charge in [-0.15, -0.1) is 13.2 Å². The summed E-state index contributed by atoms with van der Waals surface area (Å²) in [6.45, 7) is 19.9. The minimum Gasteiger partial charge on any atom is -0.394 e. The number of likely N-dealkylation sites (N-methyl/N-ethyl adjacent to an activating group) is 1. The van der Waals surface area contributed by atoms with Crippen LogP contribution < -0.4 is 0 Å². The van der Waals surface area contributed by atoms with Gasteiger partial charge in [0, 0.05) is 25.7 Å². The lowest BCUT2D eigenvalue weighted by atomic mass is 9.64. The SMILES string of the molecule is C=CCN(C)C(=O)[C@@H]1[C@H]2C(=O)N([C@@H](CO)[C@@H](C)CC)C(C(=O)N(CC=C)C(C)(C)C)C23CC[C@@]1(CC)O3. The summed E-state index contributed by atoms with van der Waals surface area (Å²) in [6.07, 6.45) is 5.78. The summed E-state index contributed by atoms with van der Waals surface area (Å²) in [5, 5.41) is 10.5. The maximum atomic E-state index is 14.5. The minimum atomic E-state index is -1.12. The molecule has 2 bridgehead atoms. The molecule has 0 radical (unpaired) electrons. The second kappa shape index (κ2) is 10.5. The fourth-order valence-corrected chi connectivity index (χ4v) is 6.97. The van der Waals surface area contributed by atoms with Crippen LogP contribution in [-0.4, -0.2) is 93.1 Å². The van der Waals surface area contributed by atoms with Gasteiger partial charge in [0.25, 0.3) is 0 Å². The van der Waals surface area contributed by atoms with Crippen LogP contribution in [0.15, 0.2) is 25.3 Å². The third-order valence-electron chi connectivity index (χ3n) is 9.13. The molecule has 0 aromatic carbocycles. The molecule has 0 aromatic rings. The van der Waals surface area contributed by atoms with E-state index in [0.717, 1.165) is 6.42 Å². The standard InChI is InChI=1S/C29H47N3O5/c1-10-16-30(9)24(34)21-22-25(35)32(20(18-33)19(5)12-3)23(26(36)31(17-11-2)27(6,7)8)29(22)15-14-28(21,13-4)37-29/h10-11,19-23,33H,1-2,12-18H2,3-9H3/t19-,20-,21-,22-,23?,28+,29?/m0/s1. The van der Waals surface area contributed by atoms with Crippen molar-refractivity contribution in [2.24, 2.45) is 17.8 Å². The topological polar surface area (TPSA) is 90.4 Å². The number of likely N-dealkylation sites (tertiary alicyclic amines) is 1. The number of rotatable bonds is 11. The zero-order valence-electron chi connectivity index (χ0n) is 23.8. The van der Waals surface area contributed by atoms with Crippen molar-refractivity contribution >= 4 is 17.7 Å². The van der Waals surface area contributed by atoms with E-state index in [1.165, 1.54) is 0 Å². The Labute approximate surface area is 222 Å². The van der Waals surface area contributed by atoms with E-state index in [2.05, 4.69) is 13.2 Å². The third kappa shape index (κ3) is 4.44. The van der Waals surface area contributed by atoms with E-state index in [0.29, 0.717) is 32.4 Å². The molecule has 2 unspecified atom stereocenters. The van der Waals surface area contributed by atoms with Crippen molar-refractivity contribution in [3.8, 4) is 0 Å². The normalized spacial score (nSPS) is 32.2. The van der Waals surface area contributed by atoms with Crippen LogP contribution in [0, 0.1) is 17.8 Å². The molecule has 8 nitrogen and oxygen atoms in total. The van der Waals surface area contributed by atoms with Crippen molar-refractivity contribution in [3.63, 3.8) is 0 Å². The third-order valence-corrected chi connectivity index (χ3v) is 9.13. The molecular formula is C29H47N3O5. The van der Waals surface area contributed by atoms with Gasteiger partial charge in [0.1, 0.15) is 11.6 Å². The molecule has 3 aliphatic rings. The van der Waals surface area contributed by atoms with E-state index in [1.807, 2.05) is 41.5 Å². The average molecular weight is 518 g/mol. The smallest absolute Gasteiger partial charge is 0.249 e. The maximum Gasteiger partial charge on any atom is 0.249 e. The van der Waals surface area contributed by atoms with Crippen LogP contribution in [0.25, 0.3) is 0 Å². The number of hydrogen-bond acceptors (Lipinski definition) is 5. The summed E-state index contributed by atoms with van der Waals surface area (Å²) >= 11 is 0. The van der Waals surface area contributed by atoms with Gasteiger partial charge in [-0.3, -0.25) is 14.4 Å². The quantitative estimate of drug-likeness (QED) is 0.426.